The van der Waals surface area contributed by atoms with Crippen molar-refractivity contribution >= 4 is 17.2 Å². The molecule has 0 radical (unpaired) electrons. The first kappa shape index (κ1) is 18.3. The lowest BCUT2D eigenvalue weighted by Crippen LogP contribution is -2.32. The number of benzene rings is 1. The Kier molecular flexibility index (Phi) is 5.18. The number of rotatable bonds is 6. The van der Waals surface area contributed by atoms with Crippen LogP contribution in [0.4, 0.5) is 0 Å². The molecule has 0 saturated heterocycles. The van der Waals surface area contributed by atoms with Gasteiger partial charge in [0.1, 0.15) is 6.10 Å². The van der Waals surface area contributed by atoms with E-state index < -0.39 is 0 Å². The first-order valence-corrected chi connectivity index (χ1v) is 9.33. The van der Waals surface area contributed by atoms with Crippen molar-refractivity contribution in [2.24, 2.45) is 4.99 Å². The van der Waals surface area contributed by atoms with Crippen molar-refractivity contribution in [1.82, 2.24) is 19.9 Å². The number of aliphatic imine (C=N–C) groups is 1. The summed E-state index contributed by atoms with van der Waals surface area (Å²) >= 11 is 0. The van der Waals surface area contributed by atoms with Gasteiger partial charge in [0.15, 0.2) is 5.65 Å². The van der Waals surface area contributed by atoms with Crippen LogP contribution < -0.4 is 5.32 Å². The highest BCUT2D eigenvalue weighted by atomic mass is 16.5. The zero-order valence-electron chi connectivity index (χ0n) is 16.0. The van der Waals surface area contributed by atoms with Crippen molar-refractivity contribution in [3.63, 3.8) is 0 Å². The number of aromatic nitrogens is 3. The normalized spacial score (nSPS) is 17.0. The van der Waals surface area contributed by atoms with Gasteiger partial charge in [0.2, 0.25) is 5.90 Å². The van der Waals surface area contributed by atoms with Crippen LogP contribution in [0, 0.1) is 0 Å². The Morgan fingerprint density at radius 3 is 2.89 bits per heavy atom. The molecule has 0 bridgehead atoms. The third-order valence-electron chi connectivity index (χ3n) is 4.77. The molecule has 0 amide bonds. The molecule has 3 heterocycles. The highest BCUT2D eigenvalue weighted by Gasteiger charge is 2.21. The lowest BCUT2D eigenvalue weighted by atomic mass is 10.0. The molecular formula is C21H23N5O2. The molecule has 0 saturated carbocycles. The highest BCUT2D eigenvalue weighted by Crippen LogP contribution is 2.30. The number of aliphatic hydroxyl groups is 1. The average Bonchev–Trinajstić information content (AvgIpc) is 3.15. The summed E-state index contributed by atoms with van der Waals surface area (Å²) in [6.07, 6.45) is 3.62. The van der Waals surface area contributed by atoms with Gasteiger partial charge in [-0.2, -0.15) is 5.10 Å². The molecule has 1 unspecified atom stereocenters. The molecule has 144 valence electrons. The molecule has 7 heteroatoms. The van der Waals surface area contributed by atoms with Crippen molar-refractivity contribution in [1.29, 1.82) is 0 Å². The Balaban J connectivity index is 1.68. The number of hydrogen-bond acceptors (Lipinski definition) is 6. The van der Waals surface area contributed by atoms with Gasteiger partial charge in [-0.1, -0.05) is 18.2 Å². The zero-order valence-corrected chi connectivity index (χ0v) is 16.0. The minimum absolute atomic E-state index is 0.0542. The van der Waals surface area contributed by atoms with Gasteiger partial charge in [0.25, 0.3) is 0 Å². The summed E-state index contributed by atoms with van der Waals surface area (Å²) in [5.74, 6) is 0.629. The van der Waals surface area contributed by atoms with Gasteiger partial charge in [-0.15, -0.1) is 0 Å². The van der Waals surface area contributed by atoms with E-state index in [4.69, 9.17) is 14.8 Å². The maximum atomic E-state index is 8.95. The van der Waals surface area contributed by atoms with Crippen molar-refractivity contribution in [3.8, 4) is 11.3 Å². The fourth-order valence-electron chi connectivity index (χ4n) is 3.17. The van der Waals surface area contributed by atoms with Crippen LogP contribution in [0.15, 0.2) is 59.4 Å². The fraction of sp³-hybridized carbons (Fsp3) is 0.286. The van der Waals surface area contributed by atoms with Gasteiger partial charge in [-0.25, -0.2) is 14.5 Å². The smallest absolute Gasteiger partial charge is 0.203 e. The molecule has 28 heavy (non-hydrogen) atoms. The van der Waals surface area contributed by atoms with Crippen LogP contribution in [0.2, 0.25) is 0 Å². The summed E-state index contributed by atoms with van der Waals surface area (Å²) in [6.45, 7) is 5.14. The molecule has 1 aliphatic heterocycles. The van der Waals surface area contributed by atoms with E-state index in [1.807, 2.05) is 44.3 Å². The maximum absolute atomic E-state index is 8.95. The predicted molar refractivity (Wildman–Crippen MR) is 109 cm³/mol. The Labute approximate surface area is 163 Å². The Morgan fingerprint density at radius 2 is 2.07 bits per heavy atom. The molecular weight excluding hydrogens is 354 g/mol. The number of nitrogens with zero attached hydrogens (tertiary/aromatic N) is 4. The number of ether oxygens (including phenoxy) is 1. The topological polar surface area (TPSA) is 84.0 Å². The van der Waals surface area contributed by atoms with Gasteiger partial charge in [-0.3, -0.25) is 0 Å². The van der Waals surface area contributed by atoms with Gasteiger partial charge in [-0.05, 0) is 37.6 Å². The van der Waals surface area contributed by atoms with E-state index in [0.717, 1.165) is 33.7 Å². The SMILES string of the molecule is CC1=C(c2cccc(-c3cn4ncccc4n3)c2)N=C(CNCCO)OC1C. The minimum atomic E-state index is -0.0542. The Hall–Kier alpha value is -3.03. The van der Waals surface area contributed by atoms with Gasteiger partial charge in [0.05, 0.1) is 30.7 Å². The second-order valence-electron chi connectivity index (χ2n) is 6.73. The predicted octanol–water partition coefficient (Wildman–Crippen LogP) is 2.53. The van der Waals surface area contributed by atoms with E-state index in [-0.39, 0.29) is 12.7 Å². The van der Waals surface area contributed by atoms with E-state index in [0.29, 0.717) is 19.0 Å². The van der Waals surface area contributed by atoms with Crippen LogP contribution in [0.25, 0.3) is 22.6 Å². The van der Waals surface area contributed by atoms with Gasteiger partial charge >= 0.3 is 0 Å². The monoisotopic (exact) mass is 377 g/mol. The van der Waals surface area contributed by atoms with Gasteiger partial charge < -0.3 is 15.2 Å². The molecule has 0 spiro atoms. The lowest BCUT2D eigenvalue weighted by Gasteiger charge is -2.24. The first-order valence-electron chi connectivity index (χ1n) is 9.33. The molecule has 3 aromatic rings. The summed E-state index contributed by atoms with van der Waals surface area (Å²) < 4.78 is 7.65. The standard InChI is InChI=1S/C21H23N5O2/c1-14-15(2)28-20(12-22-9-10-27)25-21(14)17-6-3-5-16(11-17)18-13-26-19(24-18)7-4-8-23-26/h3-8,11,13,15,22,27H,9-10,12H2,1-2H3. The third kappa shape index (κ3) is 3.67. The number of hydrogen-bond donors (Lipinski definition) is 2. The number of fused-ring (bicyclic) bond motifs is 1. The molecule has 0 aliphatic carbocycles. The van der Waals surface area contributed by atoms with E-state index in [2.05, 4.69) is 27.5 Å². The highest BCUT2D eigenvalue weighted by molar-refractivity contribution is 5.89. The largest absolute Gasteiger partial charge is 0.472 e. The maximum Gasteiger partial charge on any atom is 0.203 e. The number of nitrogens with one attached hydrogen (secondary N) is 1. The van der Waals surface area contributed by atoms with Crippen molar-refractivity contribution in [2.75, 3.05) is 19.7 Å². The van der Waals surface area contributed by atoms with Crippen LogP contribution in [0.5, 0.6) is 0 Å². The zero-order chi connectivity index (χ0) is 19.5. The molecule has 1 aromatic carbocycles. The quantitative estimate of drug-likeness (QED) is 0.645. The second kappa shape index (κ2) is 7.92. The average molecular weight is 377 g/mol. The first-order chi connectivity index (χ1) is 13.7. The van der Waals surface area contributed by atoms with Crippen molar-refractivity contribution < 1.29 is 9.84 Å². The molecule has 2 aromatic heterocycles. The summed E-state index contributed by atoms with van der Waals surface area (Å²) in [5, 5.41) is 16.4. The molecule has 1 atom stereocenters. The van der Waals surface area contributed by atoms with Crippen LogP contribution >= 0.6 is 0 Å². The Bertz CT molecular complexity index is 1020. The van der Waals surface area contributed by atoms with Crippen molar-refractivity contribution in [3.05, 3.63) is 59.9 Å². The van der Waals surface area contributed by atoms with E-state index in [1.54, 1.807) is 10.7 Å². The van der Waals surface area contributed by atoms with Gasteiger partial charge in [0, 0.05) is 23.9 Å². The molecule has 0 fully saturated rings. The van der Waals surface area contributed by atoms with E-state index >= 15 is 0 Å². The Morgan fingerprint density at radius 1 is 1.21 bits per heavy atom. The van der Waals surface area contributed by atoms with Crippen LogP contribution in [-0.2, 0) is 4.74 Å². The van der Waals surface area contributed by atoms with Crippen molar-refractivity contribution in [2.45, 2.75) is 20.0 Å². The molecule has 2 N–H and O–H groups in total. The molecule has 4 rings (SSSR count). The molecule has 1 aliphatic rings. The molecule has 7 nitrogen and oxygen atoms in total. The summed E-state index contributed by atoms with van der Waals surface area (Å²) in [5.41, 5.74) is 5.72. The van der Waals surface area contributed by atoms with Crippen LogP contribution in [-0.4, -0.2) is 51.4 Å². The van der Waals surface area contributed by atoms with Crippen LogP contribution in [0.3, 0.4) is 0 Å². The van der Waals surface area contributed by atoms with E-state index in [9.17, 15) is 0 Å². The lowest BCUT2D eigenvalue weighted by molar-refractivity contribution is 0.231. The fourth-order valence-corrected chi connectivity index (χ4v) is 3.17. The second-order valence-corrected chi connectivity index (χ2v) is 6.73. The number of aliphatic hydroxyl groups excluding tert-OH is 1. The summed E-state index contributed by atoms with van der Waals surface area (Å²) in [6, 6.07) is 12.0. The third-order valence-corrected chi connectivity index (χ3v) is 4.77. The summed E-state index contributed by atoms with van der Waals surface area (Å²) in [7, 11) is 0. The van der Waals surface area contributed by atoms with Crippen LogP contribution in [0.1, 0.15) is 19.4 Å². The number of imidazole rings is 1. The summed E-state index contributed by atoms with van der Waals surface area (Å²) in [4.78, 5) is 9.38. The minimum Gasteiger partial charge on any atom is -0.472 e. The van der Waals surface area contributed by atoms with E-state index in [1.165, 1.54) is 0 Å².